The second kappa shape index (κ2) is 19.2. The third-order valence-electron chi connectivity index (χ3n) is 2.46. The first-order valence-electron chi connectivity index (χ1n) is 7.77. The van der Waals surface area contributed by atoms with Crippen LogP contribution in [0.15, 0.2) is 0 Å². The van der Waals surface area contributed by atoms with E-state index < -0.39 is 12.5 Å². The second-order valence-corrected chi connectivity index (χ2v) is 4.36. The van der Waals surface area contributed by atoms with Crippen molar-refractivity contribution in [1.82, 2.24) is 5.32 Å². The number of carbonyl (C=O) groups is 1. The standard InChI is InChI=1S/C14H30N2O7/c15-1-3-19-5-7-21-9-11-23-12-10-22-8-6-20-4-2-16-14(18)13-17/h17H,1-13,15H2,(H,16,18). The molecule has 0 aromatic rings. The summed E-state index contributed by atoms with van der Waals surface area (Å²) < 4.78 is 26.3. The summed E-state index contributed by atoms with van der Waals surface area (Å²) in [6.45, 7) is 5.35. The molecule has 0 atom stereocenters. The summed E-state index contributed by atoms with van der Waals surface area (Å²) in [6, 6.07) is 0. The fourth-order valence-electron chi connectivity index (χ4n) is 1.38. The van der Waals surface area contributed by atoms with Crippen molar-refractivity contribution >= 4 is 5.91 Å². The van der Waals surface area contributed by atoms with Gasteiger partial charge in [-0.25, -0.2) is 0 Å². The Morgan fingerprint density at radius 2 is 1.13 bits per heavy atom. The monoisotopic (exact) mass is 338 g/mol. The van der Waals surface area contributed by atoms with E-state index in [1.165, 1.54) is 0 Å². The molecule has 0 aliphatic heterocycles. The van der Waals surface area contributed by atoms with E-state index in [1.807, 2.05) is 0 Å². The zero-order valence-electron chi connectivity index (χ0n) is 13.7. The lowest BCUT2D eigenvalue weighted by Gasteiger charge is -2.08. The fraction of sp³-hybridized carbons (Fsp3) is 0.929. The molecule has 0 fully saturated rings. The summed E-state index contributed by atoms with van der Waals surface area (Å²) in [5.41, 5.74) is 5.28. The van der Waals surface area contributed by atoms with Crippen molar-refractivity contribution < 1.29 is 33.6 Å². The largest absolute Gasteiger partial charge is 0.387 e. The third kappa shape index (κ3) is 19.1. The van der Waals surface area contributed by atoms with Crippen LogP contribution in [0.4, 0.5) is 0 Å². The van der Waals surface area contributed by atoms with Crippen LogP contribution in [0.3, 0.4) is 0 Å². The molecule has 4 N–H and O–H groups in total. The fourth-order valence-corrected chi connectivity index (χ4v) is 1.38. The Bertz CT molecular complexity index is 257. The molecular weight excluding hydrogens is 308 g/mol. The van der Waals surface area contributed by atoms with Gasteiger partial charge in [-0.1, -0.05) is 0 Å². The molecule has 0 bridgehead atoms. The van der Waals surface area contributed by atoms with E-state index in [0.29, 0.717) is 79.2 Å². The van der Waals surface area contributed by atoms with Gasteiger partial charge in [0.15, 0.2) is 0 Å². The Kier molecular flexibility index (Phi) is 18.6. The molecule has 23 heavy (non-hydrogen) atoms. The lowest BCUT2D eigenvalue weighted by molar-refractivity contribution is -0.124. The first kappa shape index (κ1) is 22.2. The number of hydrogen-bond donors (Lipinski definition) is 3. The van der Waals surface area contributed by atoms with E-state index in [-0.39, 0.29) is 0 Å². The van der Waals surface area contributed by atoms with Crippen molar-refractivity contribution in [2.24, 2.45) is 5.73 Å². The number of aliphatic hydroxyl groups excluding tert-OH is 1. The molecule has 0 saturated carbocycles. The van der Waals surface area contributed by atoms with Crippen molar-refractivity contribution in [3.8, 4) is 0 Å². The minimum absolute atomic E-state index is 0.375. The number of ether oxygens (including phenoxy) is 5. The molecule has 0 aromatic carbocycles. The van der Waals surface area contributed by atoms with Crippen LogP contribution < -0.4 is 11.1 Å². The molecule has 9 heteroatoms. The number of amides is 1. The van der Waals surface area contributed by atoms with Crippen molar-refractivity contribution in [1.29, 1.82) is 0 Å². The Balaban J connectivity index is 2.99. The molecule has 138 valence electrons. The smallest absolute Gasteiger partial charge is 0.245 e. The maximum atomic E-state index is 10.7. The minimum atomic E-state index is -0.504. The van der Waals surface area contributed by atoms with E-state index in [4.69, 9.17) is 34.5 Å². The molecule has 0 rings (SSSR count). The van der Waals surface area contributed by atoms with Gasteiger partial charge in [-0.05, 0) is 0 Å². The lowest BCUT2D eigenvalue weighted by Crippen LogP contribution is -2.29. The van der Waals surface area contributed by atoms with E-state index in [0.717, 1.165) is 0 Å². The van der Waals surface area contributed by atoms with Gasteiger partial charge < -0.3 is 39.8 Å². The maximum absolute atomic E-state index is 10.7. The van der Waals surface area contributed by atoms with Crippen molar-refractivity contribution in [2.75, 3.05) is 85.8 Å². The molecule has 0 aliphatic rings. The van der Waals surface area contributed by atoms with Crippen molar-refractivity contribution in [3.05, 3.63) is 0 Å². The van der Waals surface area contributed by atoms with Gasteiger partial charge in [-0.2, -0.15) is 0 Å². The van der Waals surface area contributed by atoms with Crippen LogP contribution >= 0.6 is 0 Å². The molecule has 9 nitrogen and oxygen atoms in total. The highest BCUT2D eigenvalue weighted by molar-refractivity contribution is 5.76. The van der Waals surface area contributed by atoms with Crippen LogP contribution in [0.1, 0.15) is 0 Å². The SMILES string of the molecule is NCCOCCOCCOCCOCCOCCNC(=O)CO. The molecule has 0 aliphatic carbocycles. The van der Waals surface area contributed by atoms with Crippen molar-refractivity contribution in [3.63, 3.8) is 0 Å². The van der Waals surface area contributed by atoms with Gasteiger partial charge in [0.25, 0.3) is 0 Å². The van der Waals surface area contributed by atoms with E-state index in [1.54, 1.807) is 0 Å². The molecule has 0 unspecified atom stereocenters. The third-order valence-corrected chi connectivity index (χ3v) is 2.46. The molecule has 0 radical (unpaired) electrons. The summed E-state index contributed by atoms with van der Waals surface area (Å²) in [6.07, 6.45) is 0. The average molecular weight is 338 g/mol. The summed E-state index contributed by atoms with van der Waals surface area (Å²) in [5.74, 6) is -0.408. The predicted octanol–water partition coefficient (Wildman–Crippen LogP) is -1.86. The highest BCUT2D eigenvalue weighted by Crippen LogP contribution is 1.83. The number of carbonyl (C=O) groups excluding carboxylic acids is 1. The summed E-state index contributed by atoms with van der Waals surface area (Å²) in [4.78, 5) is 10.7. The first-order valence-corrected chi connectivity index (χ1v) is 7.77. The van der Waals surface area contributed by atoms with Gasteiger partial charge in [0, 0.05) is 13.1 Å². The Hall–Kier alpha value is -0.810. The van der Waals surface area contributed by atoms with Crippen LogP contribution in [0.25, 0.3) is 0 Å². The van der Waals surface area contributed by atoms with E-state index >= 15 is 0 Å². The number of nitrogens with two attached hydrogens (primary N) is 1. The topological polar surface area (TPSA) is 122 Å². The highest BCUT2D eigenvalue weighted by atomic mass is 16.6. The normalized spacial score (nSPS) is 10.9. The first-order chi connectivity index (χ1) is 11.3. The average Bonchev–Trinajstić information content (AvgIpc) is 2.57. The quantitative estimate of drug-likeness (QED) is 0.249. The Morgan fingerprint density at radius 3 is 1.52 bits per heavy atom. The number of aliphatic hydroxyl groups is 1. The van der Waals surface area contributed by atoms with Crippen LogP contribution in [-0.4, -0.2) is 96.8 Å². The Morgan fingerprint density at radius 1 is 0.739 bits per heavy atom. The van der Waals surface area contributed by atoms with Gasteiger partial charge in [-0.3, -0.25) is 4.79 Å². The van der Waals surface area contributed by atoms with Crippen LogP contribution in [-0.2, 0) is 28.5 Å². The zero-order chi connectivity index (χ0) is 17.0. The zero-order valence-corrected chi connectivity index (χ0v) is 13.7. The van der Waals surface area contributed by atoms with Crippen LogP contribution in [0.2, 0.25) is 0 Å². The molecule has 0 heterocycles. The minimum Gasteiger partial charge on any atom is -0.387 e. The van der Waals surface area contributed by atoms with Gasteiger partial charge in [-0.15, -0.1) is 0 Å². The lowest BCUT2D eigenvalue weighted by atomic mass is 10.6. The summed E-state index contributed by atoms with van der Waals surface area (Å²) in [7, 11) is 0. The Labute approximate surface area is 137 Å². The molecular formula is C14H30N2O7. The predicted molar refractivity (Wildman–Crippen MR) is 83.2 cm³/mol. The second-order valence-electron chi connectivity index (χ2n) is 4.36. The van der Waals surface area contributed by atoms with Gasteiger partial charge >= 0.3 is 0 Å². The summed E-state index contributed by atoms with van der Waals surface area (Å²) in [5, 5.41) is 10.9. The van der Waals surface area contributed by atoms with Crippen LogP contribution in [0.5, 0.6) is 0 Å². The molecule has 0 spiro atoms. The van der Waals surface area contributed by atoms with Crippen molar-refractivity contribution in [2.45, 2.75) is 0 Å². The number of nitrogens with one attached hydrogen (secondary N) is 1. The van der Waals surface area contributed by atoms with Gasteiger partial charge in [0.05, 0.1) is 66.1 Å². The molecule has 0 saturated heterocycles. The highest BCUT2D eigenvalue weighted by Gasteiger charge is 1.96. The molecule has 1 amide bonds. The van der Waals surface area contributed by atoms with E-state index in [9.17, 15) is 4.79 Å². The van der Waals surface area contributed by atoms with Crippen LogP contribution in [0, 0.1) is 0 Å². The maximum Gasteiger partial charge on any atom is 0.245 e. The van der Waals surface area contributed by atoms with Gasteiger partial charge in [0.1, 0.15) is 6.61 Å². The van der Waals surface area contributed by atoms with Gasteiger partial charge in [0.2, 0.25) is 5.91 Å². The molecule has 0 aromatic heterocycles. The number of rotatable bonds is 18. The number of hydrogen-bond acceptors (Lipinski definition) is 8. The summed E-state index contributed by atoms with van der Waals surface area (Å²) >= 11 is 0. The van der Waals surface area contributed by atoms with E-state index in [2.05, 4.69) is 5.32 Å².